The predicted octanol–water partition coefficient (Wildman–Crippen LogP) is 1.60. The number of hydrogen-bond acceptors (Lipinski definition) is 5. The van der Waals surface area contributed by atoms with Crippen LogP contribution in [0.3, 0.4) is 0 Å². The van der Waals surface area contributed by atoms with Crippen LogP contribution in [-0.2, 0) is 0 Å². The van der Waals surface area contributed by atoms with Crippen molar-refractivity contribution in [3.63, 3.8) is 0 Å². The van der Waals surface area contributed by atoms with Crippen LogP contribution in [-0.4, -0.2) is 52.0 Å². The molecule has 0 spiro atoms. The molecule has 2 N–H and O–H groups in total. The summed E-state index contributed by atoms with van der Waals surface area (Å²) >= 11 is 0. The van der Waals surface area contributed by atoms with Gasteiger partial charge in [0.1, 0.15) is 5.75 Å². The summed E-state index contributed by atoms with van der Waals surface area (Å²) in [6, 6.07) is 5.77. The highest BCUT2D eigenvalue weighted by Crippen LogP contribution is 2.19. The van der Waals surface area contributed by atoms with E-state index in [0.717, 1.165) is 0 Å². The summed E-state index contributed by atoms with van der Waals surface area (Å²) in [5, 5.41) is 7.89. The summed E-state index contributed by atoms with van der Waals surface area (Å²) in [5.41, 5.74) is 6.90. The van der Waals surface area contributed by atoms with E-state index in [4.69, 9.17) is 5.73 Å². The molecule has 0 bridgehead atoms. The standard InChI is InChI=1S/C15H19F2N5O2/c1-9(8-18)21(3)14(23)13-10(2)22(20-19-13)11-4-6-12(7-5-11)24-15(16)17/h4-7,9,15H,8,18H2,1-3H3. The van der Waals surface area contributed by atoms with E-state index < -0.39 is 6.61 Å². The molecule has 2 rings (SSSR count). The molecule has 0 saturated carbocycles. The minimum Gasteiger partial charge on any atom is -0.435 e. The lowest BCUT2D eigenvalue weighted by atomic mass is 10.2. The zero-order valence-corrected chi connectivity index (χ0v) is 13.6. The molecule has 0 aliphatic carbocycles. The van der Waals surface area contributed by atoms with Gasteiger partial charge >= 0.3 is 6.61 Å². The van der Waals surface area contributed by atoms with Gasteiger partial charge in [0.2, 0.25) is 0 Å². The van der Waals surface area contributed by atoms with Gasteiger partial charge < -0.3 is 15.4 Å². The van der Waals surface area contributed by atoms with Crippen molar-refractivity contribution in [2.24, 2.45) is 5.73 Å². The Morgan fingerprint density at radius 1 is 1.38 bits per heavy atom. The van der Waals surface area contributed by atoms with Crippen molar-refractivity contribution in [3.8, 4) is 11.4 Å². The summed E-state index contributed by atoms with van der Waals surface area (Å²) in [6.07, 6.45) is 0. The number of benzene rings is 1. The molecule has 1 aromatic carbocycles. The molecule has 7 nitrogen and oxygen atoms in total. The zero-order valence-electron chi connectivity index (χ0n) is 13.6. The molecule has 130 valence electrons. The molecule has 1 atom stereocenters. The average molecular weight is 339 g/mol. The van der Waals surface area contributed by atoms with Crippen LogP contribution >= 0.6 is 0 Å². The van der Waals surface area contributed by atoms with Gasteiger partial charge in [-0.2, -0.15) is 8.78 Å². The van der Waals surface area contributed by atoms with Crippen LogP contribution in [0.15, 0.2) is 24.3 Å². The van der Waals surface area contributed by atoms with E-state index >= 15 is 0 Å². The highest BCUT2D eigenvalue weighted by Gasteiger charge is 2.23. The number of nitrogens with zero attached hydrogens (tertiary/aromatic N) is 4. The molecular formula is C15H19F2N5O2. The number of likely N-dealkylation sites (N-methyl/N-ethyl adjacent to an activating group) is 1. The molecule has 0 aliphatic heterocycles. The Hall–Kier alpha value is -2.55. The van der Waals surface area contributed by atoms with E-state index in [1.165, 1.54) is 21.7 Å². The lowest BCUT2D eigenvalue weighted by Gasteiger charge is -2.22. The van der Waals surface area contributed by atoms with E-state index in [0.29, 0.717) is 17.9 Å². The second-order valence-corrected chi connectivity index (χ2v) is 5.31. The van der Waals surface area contributed by atoms with E-state index in [-0.39, 0.29) is 23.4 Å². The minimum atomic E-state index is -2.88. The number of carbonyl (C=O) groups is 1. The number of aromatic nitrogens is 3. The first kappa shape index (κ1) is 17.8. The molecule has 0 aliphatic rings. The summed E-state index contributed by atoms with van der Waals surface area (Å²) in [4.78, 5) is 13.9. The summed E-state index contributed by atoms with van der Waals surface area (Å²) in [7, 11) is 1.65. The van der Waals surface area contributed by atoms with Crippen molar-refractivity contribution in [1.29, 1.82) is 0 Å². The van der Waals surface area contributed by atoms with Crippen LogP contribution in [0.5, 0.6) is 5.75 Å². The van der Waals surface area contributed by atoms with Gasteiger partial charge in [-0.3, -0.25) is 4.79 Å². The van der Waals surface area contributed by atoms with Gasteiger partial charge in [-0.25, -0.2) is 4.68 Å². The molecule has 1 heterocycles. The third-order valence-corrected chi connectivity index (χ3v) is 3.73. The molecule has 0 radical (unpaired) electrons. The fourth-order valence-corrected chi connectivity index (χ4v) is 2.07. The predicted molar refractivity (Wildman–Crippen MR) is 83.3 cm³/mol. The van der Waals surface area contributed by atoms with Crippen molar-refractivity contribution in [2.75, 3.05) is 13.6 Å². The largest absolute Gasteiger partial charge is 0.435 e. The highest BCUT2D eigenvalue weighted by atomic mass is 19.3. The Labute approximate surface area is 138 Å². The van der Waals surface area contributed by atoms with E-state index in [1.807, 2.05) is 6.92 Å². The quantitative estimate of drug-likeness (QED) is 0.864. The van der Waals surface area contributed by atoms with Crippen LogP contribution in [0, 0.1) is 6.92 Å². The van der Waals surface area contributed by atoms with Gasteiger partial charge in [0.05, 0.1) is 11.4 Å². The third-order valence-electron chi connectivity index (χ3n) is 3.73. The number of halogens is 2. The second-order valence-electron chi connectivity index (χ2n) is 5.31. The second kappa shape index (κ2) is 7.35. The molecule has 9 heteroatoms. The molecular weight excluding hydrogens is 320 g/mol. The first-order valence-corrected chi connectivity index (χ1v) is 7.30. The summed E-state index contributed by atoms with van der Waals surface area (Å²) in [6.45, 7) is 0.992. The number of amides is 1. The maximum absolute atomic E-state index is 12.4. The monoisotopic (exact) mass is 339 g/mol. The van der Waals surface area contributed by atoms with Crippen LogP contribution in [0.2, 0.25) is 0 Å². The fourth-order valence-electron chi connectivity index (χ4n) is 2.07. The van der Waals surface area contributed by atoms with Gasteiger partial charge in [-0.1, -0.05) is 5.21 Å². The maximum atomic E-state index is 12.4. The van der Waals surface area contributed by atoms with Crippen LogP contribution in [0.25, 0.3) is 5.69 Å². The van der Waals surface area contributed by atoms with Crippen molar-refractivity contribution in [1.82, 2.24) is 19.9 Å². The molecule has 0 fully saturated rings. The SMILES string of the molecule is Cc1c(C(=O)N(C)C(C)CN)nnn1-c1ccc(OC(F)F)cc1. The Morgan fingerprint density at radius 2 is 2.00 bits per heavy atom. The molecule has 2 aromatic rings. The first-order valence-electron chi connectivity index (χ1n) is 7.30. The van der Waals surface area contributed by atoms with E-state index in [1.54, 1.807) is 26.1 Å². The number of carbonyl (C=O) groups excluding carboxylic acids is 1. The van der Waals surface area contributed by atoms with E-state index in [9.17, 15) is 13.6 Å². The Balaban J connectivity index is 2.25. The topological polar surface area (TPSA) is 86.3 Å². The van der Waals surface area contributed by atoms with Crippen molar-refractivity contribution >= 4 is 5.91 Å². The lowest BCUT2D eigenvalue weighted by Crippen LogP contribution is -2.40. The maximum Gasteiger partial charge on any atom is 0.387 e. The zero-order chi connectivity index (χ0) is 17.9. The van der Waals surface area contributed by atoms with Gasteiger partial charge in [0.15, 0.2) is 5.69 Å². The first-order chi connectivity index (χ1) is 11.3. The Kier molecular flexibility index (Phi) is 5.45. The van der Waals surface area contributed by atoms with Crippen molar-refractivity contribution in [3.05, 3.63) is 35.7 Å². The highest BCUT2D eigenvalue weighted by molar-refractivity contribution is 5.93. The number of rotatable bonds is 6. The number of hydrogen-bond donors (Lipinski definition) is 1. The average Bonchev–Trinajstić information content (AvgIpc) is 2.94. The fraction of sp³-hybridized carbons (Fsp3) is 0.400. The Morgan fingerprint density at radius 3 is 2.54 bits per heavy atom. The van der Waals surface area contributed by atoms with Gasteiger partial charge in [-0.05, 0) is 38.1 Å². The van der Waals surface area contributed by atoms with Crippen molar-refractivity contribution < 1.29 is 18.3 Å². The normalized spacial score (nSPS) is 12.3. The molecule has 1 aromatic heterocycles. The molecule has 24 heavy (non-hydrogen) atoms. The van der Waals surface area contributed by atoms with E-state index in [2.05, 4.69) is 15.0 Å². The smallest absolute Gasteiger partial charge is 0.387 e. The molecule has 1 amide bonds. The summed E-state index contributed by atoms with van der Waals surface area (Å²) in [5.74, 6) is -0.242. The third kappa shape index (κ3) is 3.67. The lowest BCUT2D eigenvalue weighted by molar-refractivity contribution is -0.0498. The van der Waals surface area contributed by atoms with Gasteiger partial charge in [-0.15, -0.1) is 5.10 Å². The minimum absolute atomic E-state index is 0.0410. The van der Waals surface area contributed by atoms with Crippen LogP contribution in [0.1, 0.15) is 23.1 Å². The Bertz CT molecular complexity index is 702. The molecule has 1 unspecified atom stereocenters. The number of ether oxygens (including phenoxy) is 1. The van der Waals surface area contributed by atoms with Crippen LogP contribution < -0.4 is 10.5 Å². The van der Waals surface area contributed by atoms with Gasteiger partial charge in [0, 0.05) is 19.6 Å². The number of nitrogens with two attached hydrogens (primary N) is 1. The summed E-state index contributed by atoms with van der Waals surface area (Å²) < 4.78 is 30.1. The van der Waals surface area contributed by atoms with Crippen molar-refractivity contribution in [2.45, 2.75) is 26.5 Å². The molecule has 0 saturated heterocycles. The van der Waals surface area contributed by atoms with Gasteiger partial charge in [0.25, 0.3) is 5.91 Å². The number of alkyl halides is 2. The van der Waals surface area contributed by atoms with Crippen LogP contribution in [0.4, 0.5) is 8.78 Å².